The van der Waals surface area contributed by atoms with Gasteiger partial charge in [0.15, 0.2) is 6.61 Å². The van der Waals surface area contributed by atoms with Crippen LogP contribution < -0.4 is 10.2 Å². The van der Waals surface area contributed by atoms with E-state index in [-0.39, 0.29) is 12.4 Å². The maximum Gasteiger partial charge on any atom is 0.277 e. The maximum absolute atomic E-state index is 12.0. The molecule has 7 heteroatoms. The Balaban J connectivity index is 1.65. The number of aromatic hydroxyl groups is 1. The number of fused-ring (bicyclic) bond motifs is 1. The summed E-state index contributed by atoms with van der Waals surface area (Å²) in [6, 6.07) is 16.5. The molecule has 3 rings (SSSR count). The zero-order valence-corrected chi connectivity index (χ0v) is 17.5. The number of benzene rings is 3. The third kappa shape index (κ3) is 4.67. The summed E-state index contributed by atoms with van der Waals surface area (Å²) >= 11 is 6.98. The number of nitrogens with zero attached hydrogens (tertiary/aromatic N) is 1. The Morgan fingerprint density at radius 2 is 1.93 bits per heavy atom. The molecule has 0 spiro atoms. The Labute approximate surface area is 173 Å². The van der Waals surface area contributed by atoms with Gasteiger partial charge in [0.1, 0.15) is 11.5 Å². The molecule has 27 heavy (non-hydrogen) atoms. The molecule has 0 aliphatic rings. The topological polar surface area (TPSA) is 70.9 Å². The maximum atomic E-state index is 12.0. The molecule has 0 fully saturated rings. The Morgan fingerprint density at radius 3 is 2.70 bits per heavy atom. The molecule has 5 nitrogen and oxygen atoms in total. The number of phenolic OH excluding ortho intramolecular Hbond substituents is 1. The molecule has 0 radical (unpaired) electrons. The molecule has 0 heterocycles. The lowest BCUT2D eigenvalue weighted by Gasteiger charge is -2.10. The summed E-state index contributed by atoms with van der Waals surface area (Å²) in [5.41, 5.74) is 3.49. The largest absolute Gasteiger partial charge is 0.507 e. The number of carbonyl (C=O) groups excluding carboxylic acids is 1. The summed E-state index contributed by atoms with van der Waals surface area (Å²) in [4.78, 5) is 12.0. The van der Waals surface area contributed by atoms with Crippen LogP contribution in [-0.2, 0) is 4.79 Å². The van der Waals surface area contributed by atoms with E-state index in [2.05, 4.69) is 42.4 Å². The van der Waals surface area contributed by atoms with Crippen molar-refractivity contribution in [3.63, 3.8) is 0 Å². The third-order valence-electron chi connectivity index (χ3n) is 3.88. The molecule has 0 aliphatic carbocycles. The van der Waals surface area contributed by atoms with Gasteiger partial charge >= 0.3 is 0 Å². The highest BCUT2D eigenvalue weighted by Gasteiger charge is 2.10. The fourth-order valence-electron chi connectivity index (χ4n) is 2.52. The van der Waals surface area contributed by atoms with Gasteiger partial charge in [0, 0.05) is 10.0 Å². The van der Waals surface area contributed by atoms with Gasteiger partial charge in [0.2, 0.25) is 0 Å². The molecule has 0 atom stereocenters. The number of nitrogens with one attached hydrogen (secondary N) is 1. The van der Waals surface area contributed by atoms with E-state index < -0.39 is 5.91 Å². The minimum absolute atomic E-state index is 0.107. The van der Waals surface area contributed by atoms with Crippen molar-refractivity contribution in [2.75, 3.05) is 6.61 Å². The lowest BCUT2D eigenvalue weighted by atomic mass is 10.1. The molecule has 0 bridgehead atoms. The van der Waals surface area contributed by atoms with Crippen LogP contribution >= 0.6 is 31.9 Å². The van der Waals surface area contributed by atoms with Gasteiger partial charge in [-0.3, -0.25) is 4.79 Å². The average molecular weight is 492 g/mol. The van der Waals surface area contributed by atoms with Crippen LogP contribution in [0.25, 0.3) is 10.8 Å². The molecule has 3 aromatic carbocycles. The first-order valence-corrected chi connectivity index (χ1v) is 9.66. The average Bonchev–Trinajstić information content (AvgIpc) is 2.66. The van der Waals surface area contributed by atoms with Crippen molar-refractivity contribution in [2.45, 2.75) is 6.92 Å². The number of halogens is 2. The fourth-order valence-corrected chi connectivity index (χ4v) is 3.50. The summed E-state index contributed by atoms with van der Waals surface area (Å²) in [6.45, 7) is 1.52. The first-order chi connectivity index (χ1) is 13.0. The van der Waals surface area contributed by atoms with Crippen molar-refractivity contribution < 1.29 is 14.6 Å². The van der Waals surface area contributed by atoms with E-state index in [1.807, 2.05) is 30.3 Å². The summed E-state index contributed by atoms with van der Waals surface area (Å²) in [7, 11) is 0. The van der Waals surface area contributed by atoms with Gasteiger partial charge in [-0.05, 0) is 64.0 Å². The van der Waals surface area contributed by atoms with Crippen LogP contribution in [0.2, 0.25) is 0 Å². The third-order valence-corrected chi connectivity index (χ3v) is 5.19. The van der Waals surface area contributed by atoms with Gasteiger partial charge in [0.25, 0.3) is 5.91 Å². The van der Waals surface area contributed by atoms with E-state index in [4.69, 9.17) is 4.74 Å². The zero-order chi connectivity index (χ0) is 19.4. The van der Waals surface area contributed by atoms with Crippen molar-refractivity contribution >= 4 is 54.3 Å². The van der Waals surface area contributed by atoms with Gasteiger partial charge in [-0.1, -0.05) is 40.2 Å². The van der Waals surface area contributed by atoms with Gasteiger partial charge in [0.05, 0.1) is 10.2 Å². The standard InChI is InChI=1S/C20H16Br2N2O3/c1-12(15-4-2-3-5-17(15)25)23-24-19(26)11-27-18-9-6-13-10-14(21)7-8-16(13)20(18)22/h2-10,25H,11H2,1H3,(H,24,26)/b23-12+. The van der Waals surface area contributed by atoms with Crippen LogP contribution in [0.4, 0.5) is 0 Å². The monoisotopic (exact) mass is 490 g/mol. The number of hydrogen-bond donors (Lipinski definition) is 2. The predicted octanol–water partition coefficient (Wildman–Crippen LogP) is 4.99. The van der Waals surface area contributed by atoms with Gasteiger partial charge in [-0.15, -0.1) is 0 Å². The second kappa shape index (κ2) is 8.54. The molecular formula is C20H16Br2N2O3. The SMILES string of the molecule is C/C(=N\NC(=O)COc1ccc2cc(Br)ccc2c1Br)c1ccccc1O. The highest BCUT2D eigenvalue weighted by molar-refractivity contribution is 9.11. The van der Waals surface area contributed by atoms with Crippen molar-refractivity contribution in [3.8, 4) is 11.5 Å². The molecule has 0 saturated carbocycles. The second-order valence-corrected chi connectivity index (χ2v) is 7.49. The lowest BCUT2D eigenvalue weighted by molar-refractivity contribution is -0.123. The molecule has 0 aliphatic heterocycles. The van der Waals surface area contributed by atoms with Crippen LogP contribution in [0.5, 0.6) is 11.5 Å². The summed E-state index contributed by atoms with van der Waals surface area (Å²) in [5.74, 6) is 0.282. The van der Waals surface area contributed by atoms with Crippen LogP contribution in [0.1, 0.15) is 12.5 Å². The van der Waals surface area contributed by atoms with E-state index in [0.29, 0.717) is 17.0 Å². The van der Waals surface area contributed by atoms with Crippen LogP contribution in [0.3, 0.4) is 0 Å². The highest BCUT2D eigenvalue weighted by atomic mass is 79.9. The molecule has 2 N–H and O–H groups in total. The van der Waals surface area contributed by atoms with Crippen LogP contribution in [-0.4, -0.2) is 23.3 Å². The van der Waals surface area contributed by atoms with E-state index in [9.17, 15) is 9.90 Å². The number of carbonyl (C=O) groups is 1. The van der Waals surface area contributed by atoms with E-state index in [0.717, 1.165) is 19.7 Å². The van der Waals surface area contributed by atoms with Gasteiger partial charge in [-0.25, -0.2) is 5.43 Å². The number of ether oxygens (including phenoxy) is 1. The van der Waals surface area contributed by atoms with Crippen LogP contribution in [0, 0.1) is 0 Å². The number of hydrogen-bond acceptors (Lipinski definition) is 4. The highest BCUT2D eigenvalue weighted by Crippen LogP contribution is 2.34. The van der Waals surface area contributed by atoms with Crippen molar-refractivity contribution in [1.29, 1.82) is 0 Å². The molecule has 3 aromatic rings. The quantitative estimate of drug-likeness (QED) is 0.390. The van der Waals surface area contributed by atoms with Gasteiger partial charge in [-0.2, -0.15) is 5.10 Å². The minimum Gasteiger partial charge on any atom is -0.507 e. The molecule has 0 unspecified atom stereocenters. The fraction of sp³-hybridized carbons (Fsp3) is 0.100. The summed E-state index contributed by atoms with van der Waals surface area (Å²) in [5, 5.41) is 15.9. The van der Waals surface area contributed by atoms with E-state index in [1.54, 1.807) is 31.2 Å². The summed E-state index contributed by atoms with van der Waals surface area (Å²) in [6.07, 6.45) is 0. The number of hydrazone groups is 1. The Kier molecular flexibility index (Phi) is 6.13. The minimum atomic E-state index is -0.396. The number of rotatable bonds is 5. The molecule has 1 amide bonds. The Hall–Kier alpha value is -2.38. The number of phenols is 1. The Bertz CT molecular complexity index is 1030. The van der Waals surface area contributed by atoms with Crippen LogP contribution in [0.15, 0.2) is 68.6 Å². The Morgan fingerprint density at radius 1 is 1.15 bits per heavy atom. The van der Waals surface area contributed by atoms with Crippen molar-refractivity contribution in [2.24, 2.45) is 5.10 Å². The van der Waals surface area contributed by atoms with Crippen molar-refractivity contribution in [1.82, 2.24) is 5.43 Å². The summed E-state index contributed by atoms with van der Waals surface area (Å²) < 4.78 is 7.39. The number of amides is 1. The number of para-hydroxylation sites is 1. The zero-order valence-electron chi connectivity index (χ0n) is 14.4. The van der Waals surface area contributed by atoms with Gasteiger partial charge < -0.3 is 9.84 Å². The predicted molar refractivity (Wildman–Crippen MR) is 113 cm³/mol. The molecule has 0 saturated heterocycles. The smallest absolute Gasteiger partial charge is 0.277 e. The van der Waals surface area contributed by atoms with E-state index >= 15 is 0 Å². The molecule has 138 valence electrons. The first kappa shape index (κ1) is 19.4. The first-order valence-electron chi connectivity index (χ1n) is 8.08. The second-order valence-electron chi connectivity index (χ2n) is 5.78. The van der Waals surface area contributed by atoms with Crippen molar-refractivity contribution in [3.05, 3.63) is 69.1 Å². The molecular weight excluding hydrogens is 476 g/mol. The normalized spacial score (nSPS) is 11.4. The lowest BCUT2D eigenvalue weighted by Crippen LogP contribution is -2.25. The van der Waals surface area contributed by atoms with E-state index in [1.165, 1.54) is 0 Å². The molecule has 0 aromatic heterocycles.